The molecule has 0 unspecified atom stereocenters. The van der Waals surface area contributed by atoms with Gasteiger partial charge < -0.3 is 48.1 Å². The Hall–Kier alpha value is -1.62. The summed E-state index contributed by atoms with van der Waals surface area (Å²) in [6.45, 7) is 7.61. The minimum absolute atomic E-state index is 0.121. The summed E-state index contributed by atoms with van der Waals surface area (Å²) in [7, 11) is 1.53. The van der Waals surface area contributed by atoms with Crippen LogP contribution in [-0.4, -0.2) is 90.3 Å². The summed E-state index contributed by atoms with van der Waals surface area (Å²) < 4.78 is 47.1. The Bertz CT molecular complexity index is 1000. The zero-order chi connectivity index (χ0) is 27.1. The fourth-order valence-corrected chi connectivity index (χ4v) is 5.45. The molecule has 0 aliphatic carbocycles. The highest BCUT2D eigenvalue weighted by Crippen LogP contribution is 2.41. The van der Waals surface area contributed by atoms with Crippen molar-refractivity contribution < 1.29 is 48.1 Å². The van der Waals surface area contributed by atoms with E-state index in [-0.39, 0.29) is 12.8 Å². The summed E-state index contributed by atoms with van der Waals surface area (Å²) in [4.78, 5) is 0. The van der Waals surface area contributed by atoms with Gasteiger partial charge in [0.25, 0.3) is 0 Å². The van der Waals surface area contributed by atoms with Crippen molar-refractivity contribution in [3.8, 4) is 11.8 Å². The minimum Gasteiger partial charge on any atom is -0.389 e. The van der Waals surface area contributed by atoms with Gasteiger partial charge in [0.15, 0.2) is 24.2 Å². The van der Waals surface area contributed by atoms with E-state index in [9.17, 15) is 10.2 Å². The lowest BCUT2D eigenvalue weighted by Gasteiger charge is -2.28. The Morgan fingerprint density at radius 1 is 0.816 bits per heavy atom. The highest BCUT2D eigenvalue weighted by atomic mass is 16.8. The molecule has 4 saturated heterocycles. The first-order valence-electron chi connectivity index (χ1n) is 13.1. The molecular formula is C28H38O10. The molecule has 1 aromatic carbocycles. The predicted molar refractivity (Wildman–Crippen MR) is 132 cm³/mol. The Morgan fingerprint density at radius 2 is 1.42 bits per heavy atom. The Morgan fingerprint density at radius 3 is 2.11 bits per heavy atom. The standard InChI is InChI=1S/C28H38O10/c1-27(2)35-22-20(33-25(31-5)24(22)37-27)18(30)14-10-9-13-17(29)19-21(32-15-16-11-7-6-8-12-16)23-26(34-19)38-28(3,4)36-23/h6-8,11-12,17-26,29-30H,13-15H2,1-5H3/t17-,18-,19-,20-,21+,22+,23-,24+,25+,26-/m1/s1. The Labute approximate surface area is 223 Å². The van der Waals surface area contributed by atoms with Crippen molar-refractivity contribution in [2.24, 2.45) is 0 Å². The summed E-state index contributed by atoms with van der Waals surface area (Å²) in [6, 6.07) is 9.78. The van der Waals surface area contributed by atoms with E-state index in [0.717, 1.165) is 5.56 Å². The molecule has 2 N–H and O–H groups in total. The summed E-state index contributed by atoms with van der Waals surface area (Å²) >= 11 is 0. The van der Waals surface area contributed by atoms with Crippen molar-refractivity contribution in [3.05, 3.63) is 35.9 Å². The highest BCUT2D eigenvalue weighted by molar-refractivity contribution is 5.14. The molecule has 0 radical (unpaired) electrons. The lowest BCUT2D eigenvalue weighted by Crippen LogP contribution is -2.42. The summed E-state index contributed by atoms with van der Waals surface area (Å²) in [6.07, 6.45) is -6.10. The van der Waals surface area contributed by atoms with Crippen LogP contribution in [0.1, 0.15) is 46.1 Å². The zero-order valence-corrected chi connectivity index (χ0v) is 22.4. The molecule has 10 nitrogen and oxygen atoms in total. The van der Waals surface area contributed by atoms with E-state index in [4.69, 9.17) is 37.9 Å². The van der Waals surface area contributed by atoms with Crippen molar-refractivity contribution in [3.63, 3.8) is 0 Å². The molecule has 4 heterocycles. The van der Waals surface area contributed by atoms with Crippen molar-refractivity contribution >= 4 is 0 Å². The van der Waals surface area contributed by atoms with E-state index in [1.807, 2.05) is 58.0 Å². The third kappa shape index (κ3) is 5.93. The molecule has 0 amide bonds. The first-order valence-corrected chi connectivity index (χ1v) is 13.1. The van der Waals surface area contributed by atoms with Gasteiger partial charge in [0.2, 0.25) is 0 Å². The van der Waals surface area contributed by atoms with Gasteiger partial charge >= 0.3 is 0 Å². The van der Waals surface area contributed by atoms with Crippen LogP contribution in [0.2, 0.25) is 0 Å². The molecule has 10 atom stereocenters. The number of methoxy groups -OCH3 is 1. The Balaban J connectivity index is 1.18. The maximum Gasteiger partial charge on any atom is 0.190 e. The third-order valence-corrected chi connectivity index (χ3v) is 7.10. The van der Waals surface area contributed by atoms with Crippen molar-refractivity contribution in [1.82, 2.24) is 0 Å². The molecular weight excluding hydrogens is 496 g/mol. The minimum atomic E-state index is -0.946. The van der Waals surface area contributed by atoms with E-state index < -0.39 is 73.0 Å². The average molecular weight is 535 g/mol. The summed E-state index contributed by atoms with van der Waals surface area (Å²) in [5.41, 5.74) is 1.00. The molecule has 4 aliphatic rings. The van der Waals surface area contributed by atoms with Gasteiger partial charge in [0.1, 0.15) is 36.6 Å². The normalized spacial score (nSPS) is 38.3. The molecule has 5 rings (SSSR count). The van der Waals surface area contributed by atoms with Crippen LogP contribution in [0.25, 0.3) is 0 Å². The van der Waals surface area contributed by atoms with Crippen LogP contribution < -0.4 is 0 Å². The van der Waals surface area contributed by atoms with Crippen LogP contribution in [0, 0.1) is 11.8 Å². The molecule has 0 spiro atoms. The highest BCUT2D eigenvalue weighted by Gasteiger charge is 2.58. The van der Waals surface area contributed by atoms with Gasteiger partial charge in [-0.2, -0.15) is 0 Å². The fraction of sp³-hybridized carbons (Fsp3) is 0.714. The SMILES string of the molecule is CO[C@H]1O[C@H]([C@H](O)CC#CC[C@@H](O)[C@H]2O[C@@H]3OC(C)(C)O[C@@H]3[C@H]2OCc2ccccc2)[C@@H]2OC(C)(C)O[C@H]12. The fourth-order valence-electron chi connectivity index (χ4n) is 5.45. The number of fused-ring (bicyclic) bond motifs is 2. The second kappa shape index (κ2) is 11.1. The first kappa shape index (κ1) is 27.9. The second-order valence-corrected chi connectivity index (χ2v) is 11.0. The molecule has 38 heavy (non-hydrogen) atoms. The lowest BCUT2D eigenvalue weighted by atomic mass is 10.0. The van der Waals surface area contributed by atoms with Crippen molar-refractivity contribution in [2.45, 2.75) is 120 Å². The Kier molecular flexibility index (Phi) is 8.16. The molecule has 0 bridgehead atoms. The van der Waals surface area contributed by atoms with Gasteiger partial charge in [-0.15, -0.1) is 11.8 Å². The van der Waals surface area contributed by atoms with E-state index in [0.29, 0.717) is 6.61 Å². The topological polar surface area (TPSA) is 114 Å². The van der Waals surface area contributed by atoms with Crippen molar-refractivity contribution in [1.29, 1.82) is 0 Å². The molecule has 1 aromatic rings. The number of hydrogen-bond acceptors (Lipinski definition) is 10. The summed E-state index contributed by atoms with van der Waals surface area (Å²) in [5, 5.41) is 21.7. The molecule has 4 fully saturated rings. The number of benzene rings is 1. The largest absolute Gasteiger partial charge is 0.389 e. The molecule has 210 valence electrons. The smallest absolute Gasteiger partial charge is 0.190 e. The van der Waals surface area contributed by atoms with Crippen LogP contribution in [0.3, 0.4) is 0 Å². The maximum atomic E-state index is 11.0. The monoisotopic (exact) mass is 534 g/mol. The van der Waals surface area contributed by atoms with Gasteiger partial charge in [-0.25, -0.2) is 0 Å². The van der Waals surface area contributed by atoms with Crippen LogP contribution in [0.15, 0.2) is 30.3 Å². The summed E-state index contributed by atoms with van der Waals surface area (Å²) in [5.74, 6) is 4.32. The third-order valence-electron chi connectivity index (χ3n) is 7.10. The van der Waals surface area contributed by atoms with Gasteiger partial charge in [0.05, 0.1) is 18.8 Å². The van der Waals surface area contributed by atoms with Gasteiger partial charge in [-0.3, -0.25) is 0 Å². The first-order chi connectivity index (χ1) is 18.1. The molecule has 0 aromatic heterocycles. The van der Waals surface area contributed by atoms with Gasteiger partial charge in [0, 0.05) is 20.0 Å². The van der Waals surface area contributed by atoms with Gasteiger partial charge in [-0.05, 0) is 33.3 Å². The van der Waals surface area contributed by atoms with Crippen LogP contribution in [0.4, 0.5) is 0 Å². The molecule has 10 heteroatoms. The zero-order valence-electron chi connectivity index (χ0n) is 22.4. The van der Waals surface area contributed by atoms with E-state index >= 15 is 0 Å². The molecule has 4 aliphatic heterocycles. The van der Waals surface area contributed by atoms with E-state index in [2.05, 4.69) is 11.8 Å². The number of rotatable bonds is 8. The van der Waals surface area contributed by atoms with Crippen LogP contribution in [0.5, 0.6) is 0 Å². The maximum absolute atomic E-state index is 11.0. The van der Waals surface area contributed by atoms with Crippen molar-refractivity contribution in [2.75, 3.05) is 7.11 Å². The predicted octanol–water partition coefficient (Wildman–Crippen LogP) is 1.85. The van der Waals surface area contributed by atoms with E-state index in [1.54, 1.807) is 0 Å². The van der Waals surface area contributed by atoms with Crippen LogP contribution >= 0.6 is 0 Å². The van der Waals surface area contributed by atoms with Crippen LogP contribution in [-0.2, 0) is 44.5 Å². The second-order valence-electron chi connectivity index (χ2n) is 11.0. The van der Waals surface area contributed by atoms with E-state index in [1.165, 1.54) is 7.11 Å². The molecule has 0 saturated carbocycles. The number of ether oxygens (including phenoxy) is 8. The lowest BCUT2D eigenvalue weighted by molar-refractivity contribution is -0.236. The average Bonchev–Trinajstić information content (AvgIpc) is 3.56. The number of aliphatic hydroxyl groups is 2. The van der Waals surface area contributed by atoms with Gasteiger partial charge in [-0.1, -0.05) is 30.3 Å². The number of hydrogen-bond donors (Lipinski definition) is 2. The number of aliphatic hydroxyl groups excluding tert-OH is 2. The quantitative estimate of drug-likeness (QED) is 0.479.